The third-order valence-corrected chi connectivity index (χ3v) is 7.75. The summed E-state index contributed by atoms with van der Waals surface area (Å²) in [4.78, 5) is 94.4. The molecule has 1 fully saturated rings. The number of guanidine groups is 1. The highest BCUT2D eigenvalue weighted by atomic mass is 16.4. The van der Waals surface area contributed by atoms with Crippen LogP contribution >= 0.6 is 0 Å². The van der Waals surface area contributed by atoms with Gasteiger partial charge in [-0.05, 0) is 49.3 Å². The number of carbonyl (C=O) groups is 7. The van der Waals surface area contributed by atoms with Gasteiger partial charge in [-0.2, -0.15) is 0 Å². The van der Waals surface area contributed by atoms with E-state index in [1.54, 1.807) is 26.0 Å². The van der Waals surface area contributed by atoms with Gasteiger partial charge in [0.05, 0.1) is 6.42 Å². The van der Waals surface area contributed by atoms with E-state index in [-0.39, 0.29) is 44.1 Å². The maximum atomic E-state index is 13.5. The number of nitrogens with two attached hydrogens (primary N) is 3. The molecule has 0 saturated carbocycles. The van der Waals surface area contributed by atoms with Crippen LogP contribution in [0.4, 0.5) is 0 Å². The molecule has 270 valence electrons. The van der Waals surface area contributed by atoms with Crippen LogP contribution in [0.1, 0.15) is 58.4 Å². The number of rotatable bonds is 18. The second-order valence-electron chi connectivity index (χ2n) is 12.1. The molecule has 0 unspecified atom stereocenters. The summed E-state index contributed by atoms with van der Waals surface area (Å²) in [6.07, 6.45) is 0.325. The summed E-state index contributed by atoms with van der Waals surface area (Å²) in [5, 5.41) is 29.0. The molecule has 0 aliphatic carbocycles. The predicted molar refractivity (Wildman–Crippen MR) is 176 cm³/mol. The van der Waals surface area contributed by atoms with Crippen LogP contribution < -0.4 is 38.5 Å². The number of amides is 6. The number of hydrogen-bond donors (Lipinski definition) is 9. The zero-order valence-electron chi connectivity index (χ0n) is 27.8. The number of benzene rings is 1. The minimum absolute atomic E-state index is 0.00594. The molecule has 0 bridgehead atoms. The van der Waals surface area contributed by atoms with E-state index in [4.69, 9.17) is 17.2 Å². The standard InChI is InChI=1S/C31H47N9O9/c1-16(2)25(29(48)37-21(26(32)45)14-18-8-10-19(42)11-9-18)39-27(46)22(15-24(43)44)38-28(47)23-7-5-13-40(23)30(49)20(36-17(3)41)6-4-12-35-31(33)34/h8-11,16,20-23,25,42H,4-7,12-15H2,1-3H3,(H2,32,45)(H,36,41)(H,37,48)(H,38,47)(H,39,46)(H,43,44)(H4,33,34,35)/t20-,21+,22+,23+,25+/m1/s1. The lowest BCUT2D eigenvalue weighted by molar-refractivity contribution is -0.144. The van der Waals surface area contributed by atoms with Crippen molar-refractivity contribution >= 4 is 47.4 Å². The van der Waals surface area contributed by atoms with Gasteiger partial charge in [-0.1, -0.05) is 26.0 Å². The number of carboxylic acid groups (broad SMARTS) is 1. The van der Waals surface area contributed by atoms with Crippen LogP contribution in [-0.2, 0) is 40.0 Å². The van der Waals surface area contributed by atoms with Crippen LogP contribution in [0, 0.1) is 5.92 Å². The molecule has 2 rings (SSSR count). The third kappa shape index (κ3) is 13.0. The highest BCUT2D eigenvalue weighted by molar-refractivity contribution is 5.97. The van der Waals surface area contributed by atoms with Crippen LogP contribution in [-0.4, -0.2) is 106 Å². The number of likely N-dealkylation sites (tertiary alicyclic amines) is 1. The summed E-state index contributed by atoms with van der Waals surface area (Å²) in [7, 11) is 0. The average Bonchev–Trinajstić information content (AvgIpc) is 3.50. The fourth-order valence-electron chi connectivity index (χ4n) is 5.30. The summed E-state index contributed by atoms with van der Waals surface area (Å²) >= 11 is 0. The Bertz CT molecular complexity index is 1400. The summed E-state index contributed by atoms with van der Waals surface area (Å²) in [6.45, 7) is 4.85. The minimum Gasteiger partial charge on any atom is -0.508 e. The Hall–Kier alpha value is -5.42. The van der Waals surface area contributed by atoms with Gasteiger partial charge >= 0.3 is 5.97 Å². The Morgan fingerprint density at radius 3 is 2.12 bits per heavy atom. The van der Waals surface area contributed by atoms with Crippen LogP contribution in [0.15, 0.2) is 29.3 Å². The fourth-order valence-corrected chi connectivity index (χ4v) is 5.30. The van der Waals surface area contributed by atoms with Gasteiger partial charge in [-0.25, -0.2) is 0 Å². The number of phenolic OH excluding ortho intramolecular Hbond substituents is 1. The van der Waals surface area contributed by atoms with Gasteiger partial charge in [-0.3, -0.25) is 38.6 Å². The number of carbonyl (C=O) groups excluding carboxylic acids is 6. The average molecular weight is 690 g/mol. The smallest absolute Gasteiger partial charge is 0.305 e. The van der Waals surface area contributed by atoms with Gasteiger partial charge in [0, 0.05) is 26.4 Å². The molecule has 1 aliphatic rings. The van der Waals surface area contributed by atoms with Gasteiger partial charge < -0.3 is 53.6 Å². The van der Waals surface area contributed by atoms with Gasteiger partial charge in [0.1, 0.15) is 36.0 Å². The van der Waals surface area contributed by atoms with Crippen LogP contribution in [0.25, 0.3) is 0 Å². The van der Waals surface area contributed by atoms with Gasteiger partial charge in [0.15, 0.2) is 5.96 Å². The quantitative estimate of drug-likeness (QED) is 0.0443. The molecule has 5 atom stereocenters. The Morgan fingerprint density at radius 1 is 0.918 bits per heavy atom. The van der Waals surface area contributed by atoms with E-state index >= 15 is 0 Å². The highest BCUT2D eigenvalue weighted by Gasteiger charge is 2.39. The van der Waals surface area contributed by atoms with Crippen molar-refractivity contribution in [3.63, 3.8) is 0 Å². The molecule has 18 nitrogen and oxygen atoms in total. The predicted octanol–water partition coefficient (Wildman–Crippen LogP) is -2.45. The molecule has 18 heteroatoms. The molecule has 6 amide bonds. The van der Waals surface area contributed by atoms with Crippen molar-refractivity contribution in [2.24, 2.45) is 28.1 Å². The number of phenols is 1. The Balaban J connectivity index is 2.18. The van der Waals surface area contributed by atoms with E-state index in [0.717, 1.165) is 0 Å². The lowest BCUT2D eigenvalue weighted by Gasteiger charge is -2.30. The molecule has 1 saturated heterocycles. The van der Waals surface area contributed by atoms with Gasteiger partial charge in [0.2, 0.25) is 35.4 Å². The molecule has 0 radical (unpaired) electrons. The molecule has 49 heavy (non-hydrogen) atoms. The number of hydrogen-bond acceptors (Lipinski definition) is 9. The minimum atomic E-state index is -1.63. The molecule has 0 aromatic heterocycles. The summed E-state index contributed by atoms with van der Waals surface area (Å²) in [6, 6.07) is -0.212. The molecular weight excluding hydrogens is 642 g/mol. The number of nitrogens with one attached hydrogen (secondary N) is 4. The van der Waals surface area contributed by atoms with Crippen molar-refractivity contribution in [3.05, 3.63) is 29.8 Å². The Labute approximate surface area is 283 Å². The second kappa shape index (κ2) is 18.8. The molecule has 1 aliphatic heterocycles. The summed E-state index contributed by atoms with van der Waals surface area (Å²) < 4.78 is 0. The zero-order valence-corrected chi connectivity index (χ0v) is 27.8. The fraction of sp³-hybridized carbons (Fsp3) is 0.548. The zero-order chi connectivity index (χ0) is 36.8. The van der Waals surface area contributed by atoms with Gasteiger partial charge in [0.25, 0.3) is 0 Å². The lowest BCUT2D eigenvalue weighted by atomic mass is 10.00. The van der Waals surface area contributed by atoms with Crippen LogP contribution in [0.5, 0.6) is 5.75 Å². The monoisotopic (exact) mass is 689 g/mol. The highest BCUT2D eigenvalue weighted by Crippen LogP contribution is 2.20. The van der Waals surface area contributed by atoms with Crippen molar-refractivity contribution in [1.29, 1.82) is 0 Å². The van der Waals surface area contributed by atoms with Gasteiger partial charge in [-0.15, -0.1) is 0 Å². The topological polar surface area (TPSA) is 302 Å². The molecule has 1 aromatic carbocycles. The van der Waals surface area contributed by atoms with Crippen molar-refractivity contribution in [2.45, 2.75) is 89.5 Å². The van der Waals surface area contributed by atoms with Crippen molar-refractivity contribution in [1.82, 2.24) is 26.2 Å². The number of aliphatic imine (C=N–C) groups is 1. The maximum Gasteiger partial charge on any atom is 0.305 e. The maximum absolute atomic E-state index is 13.5. The first-order valence-corrected chi connectivity index (χ1v) is 15.8. The first-order valence-electron chi connectivity index (χ1n) is 15.8. The van der Waals surface area contributed by atoms with E-state index in [9.17, 15) is 43.8 Å². The summed E-state index contributed by atoms with van der Waals surface area (Å²) in [5.74, 6) is -6.49. The number of aliphatic carboxylic acids is 1. The van der Waals surface area contributed by atoms with Crippen LogP contribution in [0.2, 0.25) is 0 Å². The molecular formula is C31H47N9O9. The Morgan fingerprint density at radius 2 is 1.57 bits per heavy atom. The normalized spacial score (nSPS) is 16.4. The van der Waals surface area contributed by atoms with Crippen LogP contribution in [0.3, 0.4) is 0 Å². The molecule has 1 aromatic rings. The number of nitrogens with zero attached hydrogens (tertiary/aromatic N) is 2. The second-order valence-corrected chi connectivity index (χ2v) is 12.1. The lowest BCUT2D eigenvalue weighted by Crippen LogP contribution is -2.60. The van der Waals surface area contributed by atoms with E-state index in [2.05, 4.69) is 26.3 Å². The molecule has 0 spiro atoms. The van der Waals surface area contributed by atoms with E-state index < -0.39 is 84.0 Å². The van der Waals surface area contributed by atoms with Crippen molar-refractivity contribution in [3.8, 4) is 5.75 Å². The van der Waals surface area contributed by atoms with E-state index in [1.165, 1.54) is 24.0 Å². The number of carboxylic acids is 1. The van der Waals surface area contributed by atoms with Crippen molar-refractivity contribution in [2.75, 3.05) is 13.1 Å². The van der Waals surface area contributed by atoms with E-state index in [1.807, 2.05) is 0 Å². The SMILES string of the molecule is CC(=O)N[C@H](CCCN=C(N)N)C(=O)N1CCC[C@H]1C(=O)N[C@@H](CC(=O)O)C(=O)N[C@H](C(=O)N[C@@H](Cc1ccc(O)cc1)C(N)=O)C(C)C. The van der Waals surface area contributed by atoms with Crippen molar-refractivity contribution < 1.29 is 43.8 Å². The van der Waals surface area contributed by atoms with E-state index in [0.29, 0.717) is 18.4 Å². The first kappa shape index (κ1) is 39.8. The molecule has 1 heterocycles. The largest absolute Gasteiger partial charge is 0.508 e. The number of primary amides is 1. The summed E-state index contributed by atoms with van der Waals surface area (Å²) in [5.41, 5.74) is 16.8. The first-order chi connectivity index (χ1) is 23.0. The Kier molecular flexibility index (Phi) is 15.3. The third-order valence-electron chi connectivity index (χ3n) is 7.75. The molecule has 12 N–H and O–H groups in total. The number of aromatic hydroxyl groups is 1.